The van der Waals surface area contributed by atoms with Gasteiger partial charge in [-0.3, -0.25) is 0 Å². The molecule has 0 amide bonds. The predicted molar refractivity (Wildman–Crippen MR) is 227 cm³/mol. The van der Waals surface area contributed by atoms with Crippen LogP contribution in [0.3, 0.4) is 0 Å². The summed E-state index contributed by atoms with van der Waals surface area (Å²) in [4.78, 5) is 0. The van der Waals surface area contributed by atoms with Crippen LogP contribution in [0.5, 0.6) is 0 Å². The Labute approximate surface area is 329 Å². The molecule has 2 nitrogen and oxygen atoms in total. The molecule has 266 valence electrons. The molecule has 0 aliphatic heterocycles. The van der Waals surface area contributed by atoms with Gasteiger partial charge in [0.15, 0.2) is 0 Å². The molecule has 2 aromatic heterocycles. The van der Waals surface area contributed by atoms with Gasteiger partial charge in [0.2, 0.25) is 0 Å². The Hall–Kier alpha value is -3.76. The Morgan fingerprint density at radius 1 is 0.491 bits per heavy atom. The van der Waals surface area contributed by atoms with E-state index in [0.29, 0.717) is 7.25 Å². The normalized spacial score (nSPS) is 16.7. The fourth-order valence-electron chi connectivity index (χ4n) is 8.01. The van der Waals surface area contributed by atoms with E-state index in [0.717, 1.165) is 35.9 Å². The molecule has 0 fully saturated rings. The Bertz CT molecular complexity index is 2190. The molecule has 2 aliphatic carbocycles. The van der Waals surface area contributed by atoms with Crippen LogP contribution >= 0.6 is 0 Å². The van der Waals surface area contributed by atoms with Crippen LogP contribution in [-0.2, 0) is 36.1 Å². The molecular formula is C48H50O2Si2Zr. The van der Waals surface area contributed by atoms with Crippen molar-refractivity contribution in [2.75, 3.05) is 0 Å². The van der Waals surface area contributed by atoms with Crippen molar-refractivity contribution in [2.24, 2.45) is 0 Å². The van der Waals surface area contributed by atoms with Gasteiger partial charge in [-0.25, -0.2) is 0 Å². The number of hydrogen-bond donors (Lipinski definition) is 0. The van der Waals surface area contributed by atoms with Crippen LogP contribution in [0, 0.1) is 0 Å². The van der Waals surface area contributed by atoms with Crippen LogP contribution in [0.2, 0.25) is 39.3 Å². The number of allylic oxidation sites excluding steroid dienone is 2. The molecule has 0 N–H and O–H groups in total. The van der Waals surface area contributed by atoms with Crippen LogP contribution in [0.25, 0.3) is 45.6 Å². The topological polar surface area (TPSA) is 26.3 Å². The second-order valence-electron chi connectivity index (χ2n) is 16.7. The minimum absolute atomic E-state index is 0.324. The minimum atomic E-state index is -1.40. The first kappa shape index (κ1) is 36.2. The van der Waals surface area contributed by atoms with Crippen LogP contribution in [-0.4, -0.2) is 16.1 Å². The fourth-order valence-corrected chi connectivity index (χ4v) is 15.3. The van der Waals surface area contributed by atoms with Gasteiger partial charge in [-0.1, -0.05) is 0 Å². The van der Waals surface area contributed by atoms with Crippen molar-refractivity contribution in [3.8, 4) is 22.3 Å². The quantitative estimate of drug-likeness (QED) is 0.129. The maximum absolute atomic E-state index is 6.58. The summed E-state index contributed by atoms with van der Waals surface area (Å²) in [6.45, 7) is 18.9. The number of fused-ring (bicyclic) bond motifs is 2. The summed E-state index contributed by atoms with van der Waals surface area (Å²) < 4.78 is 13.8. The average molecular weight is 806 g/mol. The summed E-state index contributed by atoms with van der Waals surface area (Å²) in [5, 5.41) is 2.99. The third kappa shape index (κ3) is 6.90. The van der Waals surface area contributed by atoms with E-state index in [-0.39, 0.29) is 0 Å². The first-order chi connectivity index (χ1) is 25.4. The SMILES string of the molecule is CCc1ccc(C2=Cc3c(-c4ccc([Si](C)(C)C)cc4)cccc3[CH]2[Zr][CH]2C(c3ccc(CC)o3)=Cc3c(-c4ccc([Si](C)(C)C)cc4)cccc32)o1. The molecule has 2 aliphatic rings. The van der Waals surface area contributed by atoms with E-state index in [1.54, 1.807) is 0 Å². The molecule has 2 heterocycles. The molecule has 2 unspecified atom stereocenters. The van der Waals surface area contributed by atoms with E-state index in [4.69, 9.17) is 8.83 Å². The standard InChI is InChI=1S/2C24H25OSi.Zr/c2*1-5-20-11-14-24(25-20)19-15-18-7-6-8-22(23(18)16-19)17-9-12-21(13-10-17)26(2,3)4;/h2*6-16H,5H2,1-4H3;. The van der Waals surface area contributed by atoms with Crippen LogP contribution in [0.1, 0.15) is 66.4 Å². The van der Waals surface area contributed by atoms with E-state index in [2.05, 4.69) is 174 Å². The van der Waals surface area contributed by atoms with Crippen LogP contribution in [0.4, 0.5) is 0 Å². The van der Waals surface area contributed by atoms with Crippen LogP contribution < -0.4 is 10.4 Å². The molecule has 5 heteroatoms. The van der Waals surface area contributed by atoms with Gasteiger partial charge in [0, 0.05) is 0 Å². The number of benzene rings is 4. The summed E-state index contributed by atoms with van der Waals surface area (Å²) in [6, 6.07) is 41.6. The molecule has 6 aromatic rings. The third-order valence-corrected chi connectivity index (χ3v) is 20.0. The first-order valence-corrected chi connectivity index (χ1v) is 29.1. The van der Waals surface area contributed by atoms with Crippen molar-refractivity contribution in [1.29, 1.82) is 0 Å². The molecule has 4 aromatic carbocycles. The van der Waals surface area contributed by atoms with Gasteiger partial charge in [-0.15, -0.1) is 0 Å². The van der Waals surface area contributed by atoms with E-state index >= 15 is 0 Å². The average Bonchev–Trinajstić information content (AvgIpc) is 3.96. The van der Waals surface area contributed by atoms with Crippen molar-refractivity contribution in [1.82, 2.24) is 0 Å². The van der Waals surface area contributed by atoms with Gasteiger partial charge in [0.05, 0.1) is 0 Å². The first-order valence-electron chi connectivity index (χ1n) is 19.3. The summed E-state index contributed by atoms with van der Waals surface area (Å²) in [5.74, 6) is 4.13. The van der Waals surface area contributed by atoms with Gasteiger partial charge in [0.25, 0.3) is 0 Å². The number of aryl methyl sites for hydroxylation is 2. The summed E-state index contributed by atoms with van der Waals surface area (Å²) in [6.07, 6.45) is 6.72. The van der Waals surface area contributed by atoms with Gasteiger partial charge < -0.3 is 0 Å². The molecule has 0 spiro atoms. The molecule has 53 heavy (non-hydrogen) atoms. The monoisotopic (exact) mass is 804 g/mol. The third-order valence-electron chi connectivity index (χ3n) is 11.2. The Morgan fingerprint density at radius 2 is 0.887 bits per heavy atom. The van der Waals surface area contributed by atoms with E-state index in [9.17, 15) is 0 Å². The second-order valence-corrected chi connectivity index (χ2v) is 30.6. The second kappa shape index (κ2) is 14.1. The zero-order valence-corrected chi connectivity index (χ0v) is 36.9. The Kier molecular flexibility index (Phi) is 9.67. The van der Waals surface area contributed by atoms with E-state index in [1.807, 2.05) is 0 Å². The number of hydrogen-bond acceptors (Lipinski definition) is 2. The fraction of sp³-hybridized carbons (Fsp3) is 0.250. The van der Waals surface area contributed by atoms with E-state index < -0.39 is 39.4 Å². The Morgan fingerprint density at radius 3 is 1.23 bits per heavy atom. The molecule has 0 bridgehead atoms. The maximum atomic E-state index is 6.58. The van der Waals surface area contributed by atoms with Crippen molar-refractivity contribution < 1.29 is 32.1 Å². The molecule has 0 saturated carbocycles. The zero-order chi connectivity index (χ0) is 37.1. The molecule has 0 radical (unpaired) electrons. The number of rotatable bonds is 10. The van der Waals surface area contributed by atoms with Gasteiger partial charge in [0.1, 0.15) is 0 Å². The Balaban J connectivity index is 1.25. The summed E-state index contributed by atoms with van der Waals surface area (Å²) >= 11 is -1.33. The van der Waals surface area contributed by atoms with Gasteiger partial charge >= 0.3 is 332 Å². The number of furan rings is 2. The molecular weight excluding hydrogens is 756 g/mol. The van der Waals surface area contributed by atoms with Gasteiger partial charge in [-0.05, 0) is 0 Å². The zero-order valence-electron chi connectivity index (χ0n) is 32.4. The van der Waals surface area contributed by atoms with E-state index in [1.165, 1.54) is 66.0 Å². The molecule has 0 saturated heterocycles. The summed E-state index contributed by atoms with van der Waals surface area (Å²) in [5.41, 5.74) is 13.5. The predicted octanol–water partition coefficient (Wildman–Crippen LogP) is 12.4. The van der Waals surface area contributed by atoms with Crippen molar-refractivity contribution in [3.05, 3.63) is 154 Å². The molecule has 8 rings (SSSR count). The van der Waals surface area contributed by atoms with Crippen LogP contribution in [0.15, 0.2) is 118 Å². The summed E-state index contributed by atoms with van der Waals surface area (Å²) in [7, 11) is -2.79. The molecule has 2 atom stereocenters. The van der Waals surface area contributed by atoms with Crippen molar-refractivity contribution in [2.45, 2.75) is 73.2 Å². The van der Waals surface area contributed by atoms with Crippen molar-refractivity contribution in [3.63, 3.8) is 0 Å². The van der Waals surface area contributed by atoms with Gasteiger partial charge in [-0.2, -0.15) is 0 Å². The van der Waals surface area contributed by atoms with Crippen molar-refractivity contribution >= 4 is 49.8 Å².